The number of aromatic amines is 2. The van der Waals surface area contributed by atoms with Crippen molar-refractivity contribution < 1.29 is 0 Å². The average molecular weight is 390 g/mol. The fourth-order valence-electron chi connectivity index (χ4n) is 3.56. The van der Waals surface area contributed by atoms with E-state index < -0.39 is 0 Å². The lowest BCUT2D eigenvalue weighted by Gasteiger charge is -2.01. The third kappa shape index (κ3) is 2.62. The van der Waals surface area contributed by atoms with E-state index in [-0.39, 0.29) is 0 Å². The molecule has 30 heavy (non-hydrogen) atoms. The van der Waals surface area contributed by atoms with Crippen molar-refractivity contribution in [2.75, 3.05) is 0 Å². The normalized spacial score (nSPS) is 11.3. The lowest BCUT2D eigenvalue weighted by Crippen LogP contribution is -1.85. The monoisotopic (exact) mass is 390 g/mol. The highest BCUT2D eigenvalue weighted by Crippen LogP contribution is 2.31. The molecule has 0 saturated heterocycles. The van der Waals surface area contributed by atoms with Crippen LogP contribution >= 0.6 is 0 Å². The summed E-state index contributed by atoms with van der Waals surface area (Å²) < 4.78 is 0. The number of imidazole rings is 1. The maximum atomic E-state index is 4.69. The van der Waals surface area contributed by atoms with Crippen LogP contribution in [0.2, 0.25) is 0 Å². The van der Waals surface area contributed by atoms with Gasteiger partial charge in [0, 0.05) is 53.1 Å². The Kier molecular flexibility index (Phi) is 3.60. The summed E-state index contributed by atoms with van der Waals surface area (Å²) in [5.74, 6) is 0.645. The Balaban J connectivity index is 1.52. The van der Waals surface area contributed by atoms with E-state index in [9.17, 15) is 0 Å². The molecule has 0 amide bonds. The first-order valence-electron chi connectivity index (χ1n) is 9.37. The van der Waals surface area contributed by atoms with Crippen molar-refractivity contribution in [2.45, 2.75) is 0 Å². The van der Waals surface area contributed by atoms with Crippen molar-refractivity contribution in [1.82, 2.24) is 40.1 Å². The minimum Gasteiger partial charge on any atom is -0.335 e. The number of aromatic nitrogens is 8. The number of hydrogen-bond donors (Lipinski definition) is 2. The molecule has 0 aliphatic rings. The van der Waals surface area contributed by atoms with Crippen LogP contribution in [0.25, 0.3) is 56.0 Å². The Morgan fingerprint density at radius 3 is 2.60 bits per heavy atom. The Hall–Kier alpha value is -4.46. The van der Waals surface area contributed by atoms with Crippen LogP contribution in [-0.2, 0) is 0 Å². The molecule has 6 aromatic rings. The SMILES string of the molecule is c1cncc(-c2ccnc3nc(-c4n[nH]c5cnc(-c6ccncc6)cc45)[nH]c23)c1. The van der Waals surface area contributed by atoms with E-state index in [1.807, 2.05) is 42.6 Å². The van der Waals surface area contributed by atoms with Crippen LogP contribution in [0.5, 0.6) is 0 Å². The fraction of sp³-hybridized carbons (Fsp3) is 0. The van der Waals surface area contributed by atoms with E-state index >= 15 is 0 Å². The number of pyridine rings is 4. The quantitative estimate of drug-likeness (QED) is 0.472. The maximum absolute atomic E-state index is 4.69. The van der Waals surface area contributed by atoms with Gasteiger partial charge < -0.3 is 4.98 Å². The van der Waals surface area contributed by atoms with E-state index in [1.165, 1.54) is 0 Å². The number of rotatable bonds is 3. The summed E-state index contributed by atoms with van der Waals surface area (Å²) in [6.45, 7) is 0. The van der Waals surface area contributed by atoms with Crippen molar-refractivity contribution >= 4 is 22.1 Å². The smallest absolute Gasteiger partial charge is 0.178 e. The molecule has 6 rings (SSSR count). The highest BCUT2D eigenvalue weighted by molar-refractivity contribution is 5.96. The minimum absolute atomic E-state index is 0.630. The third-order valence-corrected chi connectivity index (χ3v) is 5.01. The molecule has 8 nitrogen and oxygen atoms in total. The van der Waals surface area contributed by atoms with Crippen molar-refractivity contribution in [3.8, 4) is 33.9 Å². The van der Waals surface area contributed by atoms with E-state index in [0.29, 0.717) is 11.5 Å². The van der Waals surface area contributed by atoms with Gasteiger partial charge in [0.25, 0.3) is 0 Å². The molecule has 8 heteroatoms. The molecule has 0 radical (unpaired) electrons. The van der Waals surface area contributed by atoms with E-state index in [0.717, 1.165) is 44.5 Å². The van der Waals surface area contributed by atoms with Gasteiger partial charge in [-0.15, -0.1) is 0 Å². The molecular formula is C22H14N8. The van der Waals surface area contributed by atoms with Crippen LogP contribution < -0.4 is 0 Å². The number of nitrogens with one attached hydrogen (secondary N) is 2. The molecule has 142 valence electrons. The van der Waals surface area contributed by atoms with Crippen molar-refractivity contribution in [2.24, 2.45) is 0 Å². The molecule has 6 aromatic heterocycles. The van der Waals surface area contributed by atoms with Crippen LogP contribution in [0.4, 0.5) is 0 Å². The molecule has 0 unspecified atom stereocenters. The molecule has 0 spiro atoms. The van der Waals surface area contributed by atoms with Gasteiger partial charge in [-0.1, -0.05) is 6.07 Å². The average Bonchev–Trinajstić information content (AvgIpc) is 3.43. The van der Waals surface area contributed by atoms with Gasteiger partial charge in [0.15, 0.2) is 11.5 Å². The maximum Gasteiger partial charge on any atom is 0.178 e. The summed E-state index contributed by atoms with van der Waals surface area (Å²) in [6.07, 6.45) is 10.6. The number of fused-ring (bicyclic) bond motifs is 2. The molecule has 0 aliphatic carbocycles. The minimum atomic E-state index is 0.630. The first-order valence-corrected chi connectivity index (χ1v) is 9.37. The molecule has 0 aliphatic heterocycles. The molecular weight excluding hydrogens is 376 g/mol. The predicted molar refractivity (Wildman–Crippen MR) is 113 cm³/mol. The van der Waals surface area contributed by atoms with Crippen LogP contribution in [-0.4, -0.2) is 40.1 Å². The second kappa shape index (κ2) is 6.56. The van der Waals surface area contributed by atoms with Gasteiger partial charge in [0.1, 0.15) is 5.69 Å². The van der Waals surface area contributed by atoms with E-state index in [1.54, 1.807) is 31.0 Å². The fourth-order valence-corrected chi connectivity index (χ4v) is 3.56. The largest absolute Gasteiger partial charge is 0.335 e. The molecule has 0 fully saturated rings. The molecule has 0 atom stereocenters. The van der Waals surface area contributed by atoms with Gasteiger partial charge in [-0.25, -0.2) is 9.97 Å². The number of hydrogen-bond acceptors (Lipinski definition) is 6. The van der Waals surface area contributed by atoms with Crippen molar-refractivity contribution in [3.63, 3.8) is 0 Å². The summed E-state index contributed by atoms with van der Waals surface area (Å²) in [7, 11) is 0. The highest BCUT2D eigenvalue weighted by Gasteiger charge is 2.16. The lowest BCUT2D eigenvalue weighted by atomic mass is 10.1. The topological polar surface area (TPSA) is 109 Å². The van der Waals surface area contributed by atoms with Crippen LogP contribution in [0.3, 0.4) is 0 Å². The van der Waals surface area contributed by atoms with E-state index in [2.05, 4.69) is 35.1 Å². The Morgan fingerprint density at radius 2 is 1.73 bits per heavy atom. The zero-order valence-corrected chi connectivity index (χ0v) is 15.6. The molecule has 0 saturated carbocycles. The zero-order chi connectivity index (χ0) is 19.9. The van der Waals surface area contributed by atoms with Crippen LogP contribution in [0.1, 0.15) is 0 Å². The Labute approximate surface area is 170 Å². The molecule has 6 heterocycles. The second-order valence-corrected chi connectivity index (χ2v) is 6.81. The number of H-pyrrole nitrogens is 2. The molecule has 2 N–H and O–H groups in total. The Morgan fingerprint density at radius 1 is 0.800 bits per heavy atom. The lowest BCUT2D eigenvalue weighted by molar-refractivity contribution is 1.10. The summed E-state index contributed by atoms with van der Waals surface area (Å²) in [5.41, 5.74) is 6.86. The van der Waals surface area contributed by atoms with Gasteiger partial charge in [0.2, 0.25) is 0 Å². The van der Waals surface area contributed by atoms with Gasteiger partial charge in [0.05, 0.1) is 22.9 Å². The van der Waals surface area contributed by atoms with Gasteiger partial charge >= 0.3 is 0 Å². The summed E-state index contributed by atoms with van der Waals surface area (Å²) in [4.78, 5) is 25.3. The standard InChI is InChI=1S/C22H14N8/c1-2-14(11-24-6-1)15-5-9-25-21-19(15)27-22(28-21)20-16-10-17(13-3-7-23-8-4-13)26-12-18(16)29-30-20/h1-12H,(H,29,30)(H,25,27,28). The summed E-state index contributed by atoms with van der Waals surface area (Å²) >= 11 is 0. The first kappa shape index (κ1) is 16.5. The third-order valence-electron chi connectivity index (χ3n) is 5.01. The molecule has 0 bridgehead atoms. The van der Waals surface area contributed by atoms with Gasteiger partial charge in [-0.2, -0.15) is 5.10 Å². The predicted octanol–water partition coefficient (Wildman–Crippen LogP) is 4.02. The summed E-state index contributed by atoms with van der Waals surface area (Å²) in [5, 5.41) is 8.46. The first-order chi connectivity index (χ1) is 14.9. The van der Waals surface area contributed by atoms with Gasteiger partial charge in [-0.3, -0.25) is 20.1 Å². The van der Waals surface area contributed by atoms with Crippen LogP contribution in [0, 0.1) is 0 Å². The number of nitrogens with zero attached hydrogens (tertiary/aromatic N) is 6. The summed E-state index contributed by atoms with van der Waals surface area (Å²) in [6, 6.07) is 11.7. The molecule has 0 aromatic carbocycles. The zero-order valence-electron chi connectivity index (χ0n) is 15.6. The van der Waals surface area contributed by atoms with Crippen molar-refractivity contribution in [3.05, 3.63) is 73.6 Å². The highest BCUT2D eigenvalue weighted by atomic mass is 15.1. The van der Waals surface area contributed by atoms with Crippen LogP contribution in [0.15, 0.2) is 73.6 Å². The van der Waals surface area contributed by atoms with Crippen molar-refractivity contribution in [1.29, 1.82) is 0 Å². The Bertz CT molecular complexity index is 1490. The van der Waals surface area contributed by atoms with E-state index in [4.69, 9.17) is 4.98 Å². The second-order valence-electron chi connectivity index (χ2n) is 6.81. The van der Waals surface area contributed by atoms with Gasteiger partial charge in [-0.05, 0) is 30.3 Å².